The number of aryl methyl sites for hydroxylation is 3. The molecule has 8 nitrogen and oxygen atoms in total. The Morgan fingerprint density at radius 2 is 1.53 bits per heavy atom. The highest BCUT2D eigenvalue weighted by Gasteiger charge is 2.48. The Hall–Kier alpha value is -3.51. The molecule has 0 saturated carbocycles. The van der Waals surface area contributed by atoms with Gasteiger partial charge in [0.1, 0.15) is 11.4 Å². The summed E-state index contributed by atoms with van der Waals surface area (Å²) in [5, 5.41) is 51.9. The van der Waals surface area contributed by atoms with Gasteiger partial charge >= 0.3 is 0 Å². The fourth-order valence-corrected chi connectivity index (χ4v) is 6.55. The molecule has 1 aromatic heterocycles. The number of halogens is 1. The van der Waals surface area contributed by atoms with E-state index in [1.807, 2.05) is 53.9 Å². The zero-order chi connectivity index (χ0) is 32.0. The summed E-state index contributed by atoms with van der Waals surface area (Å²) in [5.41, 5.74) is 3.49. The van der Waals surface area contributed by atoms with Crippen molar-refractivity contribution in [2.75, 3.05) is 18.1 Å². The molecule has 2 heterocycles. The Kier molecular flexibility index (Phi) is 10.8. The van der Waals surface area contributed by atoms with Crippen LogP contribution < -0.4 is 4.90 Å². The lowest BCUT2D eigenvalue weighted by atomic mass is 9.78. The molecule has 0 spiro atoms. The van der Waals surface area contributed by atoms with Crippen LogP contribution in [0, 0.1) is 11.7 Å². The minimum Gasteiger partial charge on any atom is -0.393 e. The monoisotopic (exact) mass is 634 g/mol. The molecule has 1 amide bonds. The molecule has 5 rings (SSSR count). The third-order valence-electron chi connectivity index (χ3n) is 8.61. The number of aliphatic hydroxyl groups is 5. The molecule has 10 heteroatoms. The molecule has 238 valence electrons. The summed E-state index contributed by atoms with van der Waals surface area (Å²) in [6.45, 7) is -1.12. The van der Waals surface area contributed by atoms with Gasteiger partial charge in [-0.3, -0.25) is 4.79 Å². The molecule has 1 saturated heterocycles. The Bertz CT molecular complexity index is 1540. The van der Waals surface area contributed by atoms with E-state index in [0.29, 0.717) is 30.5 Å². The number of hydrogen-bond acceptors (Lipinski definition) is 8. The molecule has 0 unspecified atom stereocenters. The van der Waals surface area contributed by atoms with Crippen LogP contribution in [0.2, 0.25) is 0 Å². The lowest BCUT2D eigenvalue weighted by Gasteiger charge is -2.48. The minimum atomic E-state index is -1.54. The summed E-state index contributed by atoms with van der Waals surface area (Å²) >= 11 is 1.53. The van der Waals surface area contributed by atoms with Gasteiger partial charge in [0.05, 0.1) is 48.6 Å². The molecule has 0 aliphatic carbocycles. The van der Waals surface area contributed by atoms with Gasteiger partial charge in [-0.2, -0.15) is 0 Å². The molecular formula is C35H39FN2O6S. The number of aliphatic hydroxyl groups excluding tert-OH is 4. The van der Waals surface area contributed by atoms with Crippen LogP contribution >= 0.6 is 11.3 Å². The number of amides is 1. The molecule has 3 aromatic carbocycles. The maximum Gasteiger partial charge on any atom is 0.233 e. The number of carbonyl (C=O) groups is 1. The number of benzene rings is 3. The predicted octanol–water partition coefficient (Wildman–Crippen LogP) is 4.43. The summed E-state index contributed by atoms with van der Waals surface area (Å²) in [6.07, 6.45) is 2.17. The number of carbonyl (C=O) groups excluding carboxylic acids is 1. The summed E-state index contributed by atoms with van der Waals surface area (Å²) in [4.78, 5) is 19.8. The molecule has 5 N–H and O–H groups in total. The second-order valence-corrected chi connectivity index (χ2v) is 12.7. The van der Waals surface area contributed by atoms with Gasteiger partial charge < -0.3 is 30.4 Å². The first-order chi connectivity index (χ1) is 21.7. The van der Waals surface area contributed by atoms with Crippen LogP contribution in [0.3, 0.4) is 0 Å². The third kappa shape index (κ3) is 7.84. The Morgan fingerprint density at radius 3 is 2.16 bits per heavy atom. The standard InChI is InChI=1S/C35H39FN2O6S/c36-27-10-8-25(9-11-27)31(42)15-14-30-33(26-6-1-24(2-7-26)17-18-35(44,21-40)22-41)38(34(30)43)29-12-3-23(4-13-29)5-16-32-37-28(19-39)20-45-32/h1-4,6-13,20,30-31,33,39-42,44H,5,14-19,21-22H2/t30-,31+,33-/m1/s1. The highest BCUT2D eigenvalue weighted by atomic mass is 32.1. The first kappa shape index (κ1) is 32.9. The van der Waals surface area contributed by atoms with Crippen molar-refractivity contribution in [2.45, 2.75) is 62.9 Å². The van der Waals surface area contributed by atoms with Crippen molar-refractivity contribution in [1.82, 2.24) is 4.98 Å². The normalized spacial score (nSPS) is 17.4. The number of β-lactam (4-membered cyclic amide) rings is 1. The molecule has 45 heavy (non-hydrogen) atoms. The molecule has 1 aliphatic rings. The third-order valence-corrected chi connectivity index (χ3v) is 9.57. The lowest BCUT2D eigenvalue weighted by molar-refractivity contribution is -0.131. The molecule has 3 atom stereocenters. The van der Waals surface area contributed by atoms with Crippen molar-refractivity contribution in [1.29, 1.82) is 0 Å². The Morgan fingerprint density at radius 1 is 0.889 bits per heavy atom. The summed E-state index contributed by atoms with van der Waals surface area (Å²) in [7, 11) is 0. The number of anilines is 1. The fraction of sp³-hybridized carbons (Fsp3) is 0.371. The van der Waals surface area contributed by atoms with E-state index in [-0.39, 0.29) is 36.7 Å². The number of aromatic nitrogens is 1. The van der Waals surface area contributed by atoms with E-state index in [4.69, 9.17) is 0 Å². The number of rotatable bonds is 15. The van der Waals surface area contributed by atoms with Crippen LogP contribution in [0.1, 0.15) is 64.4 Å². The van der Waals surface area contributed by atoms with Gasteiger partial charge in [0.2, 0.25) is 5.91 Å². The largest absolute Gasteiger partial charge is 0.393 e. The number of thiazole rings is 1. The molecule has 1 aliphatic heterocycles. The summed E-state index contributed by atoms with van der Waals surface area (Å²) < 4.78 is 13.4. The summed E-state index contributed by atoms with van der Waals surface area (Å²) in [5.74, 6) is -0.759. The maximum absolute atomic E-state index is 13.6. The summed E-state index contributed by atoms with van der Waals surface area (Å²) in [6, 6.07) is 21.2. The van der Waals surface area contributed by atoms with Crippen molar-refractivity contribution in [3.63, 3.8) is 0 Å². The Balaban J connectivity index is 1.31. The highest BCUT2D eigenvalue weighted by Crippen LogP contribution is 2.46. The average Bonchev–Trinajstić information content (AvgIpc) is 3.54. The Labute approximate surface area is 266 Å². The molecule has 1 fully saturated rings. The van der Waals surface area contributed by atoms with Crippen molar-refractivity contribution >= 4 is 22.9 Å². The maximum atomic E-state index is 13.6. The van der Waals surface area contributed by atoms with Gasteiger partial charge in [0, 0.05) is 17.5 Å². The van der Waals surface area contributed by atoms with Crippen LogP contribution in [-0.4, -0.2) is 55.2 Å². The predicted molar refractivity (Wildman–Crippen MR) is 170 cm³/mol. The number of nitrogens with zero attached hydrogens (tertiary/aromatic N) is 2. The second-order valence-electron chi connectivity index (χ2n) is 11.7. The van der Waals surface area contributed by atoms with E-state index in [1.54, 1.807) is 17.0 Å². The fourth-order valence-electron chi connectivity index (χ4n) is 5.77. The van der Waals surface area contributed by atoms with Crippen LogP contribution in [0.5, 0.6) is 0 Å². The van der Waals surface area contributed by atoms with Gasteiger partial charge in [0.15, 0.2) is 0 Å². The smallest absolute Gasteiger partial charge is 0.233 e. The van der Waals surface area contributed by atoms with E-state index < -0.39 is 24.9 Å². The quantitative estimate of drug-likeness (QED) is 0.122. The van der Waals surface area contributed by atoms with E-state index >= 15 is 0 Å². The van der Waals surface area contributed by atoms with Crippen LogP contribution in [0.15, 0.2) is 78.2 Å². The lowest BCUT2D eigenvalue weighted by Crippen LogP contribution is -2.55. The second kappa shape index (κ2) is 14.7. The van der Waals surface area contributed by atoms with Crippen molar-refractivity contribution in [3.05, 3.63) is 117 Å². The van der Waals surface area contributed by atoms with Gasteiger partial charge in [-0.05, 0) is 78.6 Å². The van der Waals surface area contributed by atoms with Gasteiger partial charge in [0.25, 0.3) is 0 Å². The minimum absolute atomic E-state index is 0.0293. The van der Waals surface area contributed by atoms with Crippen molar-refractivity contribution in [3.8, 4) is 0 Å². The zero-order valence-corrected chi connectivity index (χ0v) is 25.7. The van der Waals surface area contributed by atoms with E-state index in [1.165, 1.54) is 23.5 Å². The molecular weight excluding hydrogens is 595 g/mol. The number of hydrogen-bond donors (Lipinski definition) is 5. The van der Waals surface area contributed by atoms with Gasteiger partial charge in [-0.25, -0.2) is 9.37 Å². The van der Waals surface area contributed by atoms with E-state index in [0.717, 1.165) is 40.2 Å². The topological polar surface area (TPSA) is 134 Å². The van der Waals surface area contributed by atoms with Crippen molar-refractivity contribution in [2.24, 2.45) is 5.92 Å². The average molecular weight is 635 g/mol. The van der Waals surface area contributed by atoms with E-state index in [9.17, 15) is 34.7 Å². The first-order valence-corrected chi connectivity index (χ1v) is 16.0. The SMILES string of the molecule is O=C1[C@H](CC[C@H](O)c2ccc(F)cc2)[C@@H](c2ccc(CCC(O)(CO)CO)cc2)N1c1ccc(CCc2nc(CO)cs2)cc1. The van der Waals surface area contributed by atoms with E-state index in [2.05, 4.69) is 4.98 Å². The van der Waals surface area contributed by atoms with Crippen LogP contribution in [0.25, 0.3) is 0 Å². The first-order valence-electron chi connectivity index (χ1n) is 15.2. The molecule has 4 aromatic rings. The van der Waals surface area contributed by atoms with Crippen LogP contribution in [-0.2, 0) is 30.7 Å². The highest BCUT2D eigenvalue weighted by molar-refractivity contribution is 7.09. The van der Waals surface area contributed by atoms with Crippen LogP contribution in [0.4, 0.5) is 10.1 Å². The molecule has 0 radical (unpaired) electrons. The van der Waals surface area contributed by atoms with Gasteiger partial charge in [-0.15, -0.1) is 11.3 Å². The zero-order valence-electron chi connectivity index (χ0n) is 24.9. The molecule has 0 bridgehead atoms. The van der Waals surface area contributed by atoms with Gasteiger partial charge in [-0.1, -0.05) is 48.5 Å². The van der Waals surface area contributed by atoms with Crippen molar-refractivity contribution < 1.29 is 34.7 Å².